The van der Waals surface area contributed by atoms with Gasteiger partial charge in [-0.1, -0.05) is 56.2 Å². The van der Waals surface area contributed by atoms with Crippen LogP contribution in [0.15, 0.2) is 60.7 Å². The Balaban J connectivity index is 1.56. The van der Waals surface area contributed by atoms with Gasteiger partial charge in [-0.05, 0) is 49.1 Å². The van der Waals surface area contributed by atoms with Crippen molar-refractivity contribution >= 4 is 10.9 Å². The Bertz CT molecular complexity index is 831. The molecule has 1 atom stereocenters. The second-order valence-corrected chi connectivity index (χ2v) is 6.77. The third-order valence-electron chi connectivity index (χ3n) is 4.60. The Morgan fingerprint density at radius 3 is 2.77 bits per heavy atom. The molecule has 1 aromatic heterocycles. The van der Waals surface area contributed by atoms with Crippen LogP contribution in [0.1, 0.15) is 43.9 Å². The lowest BCUT2D eigenvalue weighted by atomic mass is 10.0. The number of aromatic nitrogens is 1. The van der Waals surface area contributed by atoms with E-state index in [0.717, 1.165) is 54.5 Å². The largest absolute Gasteiger partial charge is 0.487 e. The van der Waals surface area contributed by atoms with Crippen LogP contribution in [0.3, 0.4) is 0 Å². The van der Waals surface area contributed by atoms with Crippen molar-refractivity contribution in [3.63, 3.8) is 0 Å². The summed E-state index contributed by atoms with van der Waals surface area (Å²) in [6.45, 7) is 2.60. The molecule has 0 radical (unpaired) electrons. The highest BCUT2D eigenvalue weighted by atomic mass is 16.5. The summed E-state index contributed by atoms with van der Waals surface area (Å²) < 4.78 is 5.93. The molecule has 3 rings (SSSR count). The van der Waals surface area contributed by atoms with Crippen LogP contribution in [0.25, 0.3) is 10.9 Å². The molecular weight excluding hydrogens is 322 g/mol. The van der Waals surface area contributed by atoms with E-state index in [1.54, 1.807) is 0 Å². The summed E-state index contributed by atoms with van der Waals surface area (Å²) in [5.41, 5.74) is 3.11. The number of nitrogens with zero attached hydrogens (tertiary/aromatic N) is 1. The van der Waals surface area contributed by atoms with E-state index in [9.17, 15) is 5.11 Å². The molecule has 0 aliphatic carbocycles. The van der Waals surface area contributed by atoms with Gasteiger partial charge in [0.1, 0.15) is 12.4 Å². The predicted octanol–water partition coefficient (Wildman–Crippen LogP) is 5.30. The van der Waals surface area contributed by atoms with Crippen molar-refractivity contribution in [1.29, 1.82) is 0 Å². The molecule has 1 heterocycles. The Morgan fingerprint density at radius 1 is 1.00 bits per heavy atom. The maximum absolute atomic E-state index is 10.0. The molecule has 1 N–H and O–H groups in total. The number of aliphatic hydroxyl groups is 1. The van der Waals surface area contributed by atoms with Crippen LogP contribution in [0.2, 0.25) is 0 Å². The molecule has 2 aromatic carbocycles. The highest BCUT2D eigenvalue weighted by Gasteiger charge is 2.05. The van der Waals surface area contributed by atoms with Crippen molar-refractivity contribution in [1.82, 2.24) is 4.98 Å². The van der Waals surface area contributed by atoms with Gasteiger partial charge in [-0.3, -0.25) is 0 Å². The van der Waals surface area contributed by atoms with Gasteiger partial charge in [0.05, 0.1) is 17.3 Å². The lowest BCUT2D eigenvalue weighted by molar-refractivity contribution is 0.152. The summed E-state index contributed by atoms with van der Waals surface area (Å²) in [5.74, 6) is 0.848. The second-order valence-electron chi connectivity index (χ2n) is 6.77. The Hall–Kier alpha value is -2.39. The average Bonchev–Trinajstić information content (AvgIpc) is 2.69. The quantitative estimate of drug-likeness (QED) is 0.570. The number of hydrogen-bond acceptors (Lipinski definition) is 3. The van der Waals surface area contributed by atoms with E-state index in [4.69, 9.17) is 4.74 Å². The van der Waals surface area contributed by atoms with Crippen molar-refractivity contribution in [3.8, 4) is 5.75 Å². The van der Waals surface area contributed by atoms with Gasteiger partial charge >= 0.3 is 0 Å². The summed E-state index contributed by atoms with van der Waals surface area (Å²) in [6, 6.07) is 20.3. The van der Waals surface area contributed by atoms with Gasteiger partial charge in [-0.15, -0.1) is 0 Å². The topological polar surface area (TPSA) is 42.4 Å². The first kappa shape index (κ1) is 18.4. The van der Waals surface area contributed by atoms with Crippen LogP contribution < -0.4 is 4.74 Å². The first-order valence-electron chi connectivity index (χ1n) is 9.49. The molecule has 0 amide bonds. The monoisotopic (exact) mass is 349 g/mol. The molecule has 0 saturated carbocycles. The molecule has 3 heteroatoms. The van der Waals surface area contributed by atoms with Gasteiger partial charge in [0.25, 0.3) is 0 Å². The van der Waals surface area contributed by atoms with Crippen molar-refractivity contribution in [2.75, 3.05) is 0 Å². The van der Waals surface area contributed by atoms with E-state index < -0.39 is 0 Å². The molecule has 136 valence electrons. The fraction of sp³-hybridized carbons (Fsp3) is 0.348. The summed E-state index contributed by atoms with van der Waals surface area (Å²) >= 11 is 0. The van der Waals surface area contributed by atoms with Crippen LogP contribution in [0, 0.1) is 0 Å². The lowest BCUT2D eigenvalue weighted by Gasteiger charge is -2.11. The minimum absolute atomic E-state index is 0.207. The van der Waals surface area contributed by atoms with Gasteiger partial charge in [-0.2, -0.15) is 0 Å². The summed E-state index contributed by atoms with van der Waals surface area (Å²) in [7, 11) is 0. The predicted molar refractivity (Wildman–Crippen MR) is 106 cm³/mol. The molecule has 26 heavy (non-hydrogen) atoms. The zero-order chi connectivity index (χ0) is 18.2. The number of aryl methyl sites for hydroxylation is 1. The molecule has 3 nitrogen and oxygen atoms in total. The van der Waals surface area contributed by atoms with E-state index >= 15 is 0 Å². The fourth-order valence-corrected chi connectivity index (χ4v) is 3.05. The van der Waals surface area contributed by atoms with E-state index in [1.165, 1.54) is 5.56 Å². The number of unbranched alkanes of at least 4 members (excludes halogenated alkanes) is 1. The molecule has 1 unspecified atom stereocenters. The fourth-order valence-electron chi connectivity index (χ4n) is 3.05. The van der Waals surface area contributed by atoms with E-state index in [1.807, 2.05) is 36.4 Å². The Labute approximate surface area is 155 Å². The molecular formula is C23H27NO2. The lowest BCUT2D eigenvalue weighted by Crippen LogP contribution is -2.07. The van der Waals surface area contributed by atoms with Crippen LogP contribution in [0.5, 0.6) is 5.75 Å². The zero-order valence-electron chi connectivity index (χ0n) is 15.4. The Kier molecular flexibility index (Phi) is 6.62. The third-order valence-corrected chi connectivity index (χ3v) is 4.60. The normalized spacial score (nSPS) is 12.2. The van der Waals surface area contributed by atoms with E-state index in [2.05, 4.69) is 36.2 Å². The van der Waals surface area contributed by atoms with Crippen LogP contribution in [-0.2, 0) is 13.0 Å². The van der Waals surface area contributed by atoms with Crippen molar-refractivity contribution < 1.29 is 9.84 Å². The van der Waals surface area contributed by atoms with Gasteiger partial charge in [0, 0.05) is 5.39 Å². The van der Waals surface area contributed by atoms with Crippen LogP contribution in [-0.4, -0.2) is 16.2 Å². The number of aliphatic hydroxyl groups excluding tert-OH is 1. The van der Waals surface area contributed by atoms with Gasteiger partial charge in [-0.25, -0.2) is 4.98 Å². The maximum Gasteiger partial charge on any atom is 0.130 e. The highest BCUT2D eigenvalue weighted by molar-refractivity contribution is 5.78. The van der Waals surface area contributed by atoms with Crippen molar-refractivity contribution in [2.24, 2.45) is 0 Å². The number of fused-ring (bicyclic) bond motifs is 1. The second kappa shape index (κ2) is 9.35. The number of ether oxygens (including phenoxy) is 1. The number of pyridine rings is 1. The first-order chi connectivity index (χ1) is 12.7. The number of para-hydroxylation sites is 1. The molecule has 0 saturated heterocycles. The minimum atomic E-state index is -0.207. The van der Waals surface area contributed by atoms with Gasteiger partial charge < -0.3 is 9.84 Å². The maximum atomic E-state index is 10.0. The van der Waals surface area contributed by atoms with Crippen molar-refractivity contribution in [3.05, 3.63) is 71.9 Å². The van der Waals surface area contributed by atoms with Crippen molar-refractivity contribution in [2.45, 2.75) is 51.7 Å². The number of benzene rings is 2. The molecule has 0 bridgehead atoms. The minimum Gasteiger partial charge on any atom is -0.487 e. The standard InChI is InChI=1S/C23H27NO2/c1-2-3-9-21(25)15-12-18-7-6-10-22(16-18)26-17-20-14-13-19-8-4-5-11-23(19)24-20/h4-8,10-11,13-14,16,21,25H,2-3,9,12,15,17H2,1H3. The van der Waals surface area contributed by atoms with Gasteiger partial charge in [0.15, 0.2) is 0 Å². The molecule has 0 fully saturated rings. The van der Waals surface area contributed by atoms with Crippen LogP contribution in [0.4, 0.5) is 0 Å². The Morgan fingerprint density at radius 2 is 1.88 bits per heavy atom. The summed E-state index contributed by atoms with van der Waals surface area (Å²) in [5, 5.41) is 11.1. The molecule has 3 aromatic rings. The SMILES string of the molecule is CCCCC(O)CCc1cccc(OCc2ccc3ccccc3n2)c1. The first-order valence-corrected chi connectivity index (χ1v) is 9.49. The number of hydrogen-bond donors (Lipinski definition) is 1. The van der Waals surface area contributed by atoms with E-state index in [0.29, 0.717) is 6.61 Å². The zero-order valence-corrected chi connectivity index (χ0v) is 15.4. The average molecular weight is 349 g/mol. The molecule has 0 spiro atoms. The third kappa shape index (κ3) is 5.30. The highest BCUT2D eigenvalue weighted by Crippen LogP contribution is 2.18. The van der Waals surface area contributed by atoms with Crippen LogP contribution >= 0.6 is 0 Å². The molecule has 0 aliphatic heterocycles. The van der Waals surface area contributed by atoms with Gasteiger partial charge in [0.2, 0.25) is 0 Å². The summed E-state index contributed by atoms with van der Waals surface area (Å²) in [6.07, 6.45) is 4.57. The number of rotatable bonds is 9. The smallest absolute Gasteiger partial charge is 0.130 e. The molecule has 0 aliphatic rings. The van der Waals surface area contributed by atoms with E-state index in [-0.39, 0.29) is 6.10 Å². The summed E-state index contributed by atoms with van der Waals surface area (Å²) in [4.78, 5) is 4.64.